The van der Waals surface area contributed by atoms with Crippen molar-refractivity contribution in [3.8, 4) is 0 Å². The highest BCUT2D eigenvalue weighted by atomic mass is 31.2. The van der Waals surface area contributed by atoms with Crippen molar-refractivity contribution < 1.29 is 18.5 Å². The van der Waals surface area contributed by atoms with Gasteiger partial charge in [0.25, 0.3) is 0 Å². The molecule has 0 aliphatic rings. The number of hydrogen-bond donors (Lipinski definition) is 1. The molecule has 1 unspecified atom stereocenters. The van der Waals surface area contributed by atoms with Crippen LogP contribution in [0, 0.1) is 0 Å². The Kier molecular flexibility index (Phi) is 5.00. The molecule has 0 saturated heterocycles. The summed E-state index contributed by atoms with van der Waals surface area (Å²) >= 11 is 0. The first-order chi connectivity index (χ1) is 6.41. The molecule has 0 radical (unpaired) electrons. The van der Waals surface area contributed by atoms with Gasteiger partial charge in [0.1, 0.15) is 0 Å². The summed E-state index contributed by atoms with van der Waals surface area (Å²) in [5.74, 6) is 0. The van der Waals surface area contributed by atoms with Gasteiger partial charge in [0.15, 0.2) is 0 Å². The minimum absolute atomic E-state index is 0.236. The largest absolute Gasteiger partial charge is 0.331 e. The van der Waals surface area contributed by atoms with E-state index in [0.29, 0.717) is 6.42 Å². The summed E-state index contributed by atoms with van der Waals surface area (Å²) in [5, 5.41) is 0. The Hall–Kier alpha value is 0.110. The average molecular weight is 238 g/mol. The SMILES string of the molecule is CC(C)(C)OP(=O)(O)CCC[N+](C)(C)C. The van der Waals surface area contributed by atoms with Crippen LogP contribution in [-0.2, 0) is 9.09 Å². The maximum atomic E-state index is 11.6. The minimum Gasteiger partial charge on any atom is -0.331 e. The lowest BCUT2D eigenvalue weighted by Crippen LogP contribution is -2.35. The normalized spacial score (nSPS) is 17.5. The van der Waals surface area contributed by atoms with E-state index in [0.717, 1.165) is 11.0 Å². The Bertz CT molecular complexity index is 240. The van der Waals surface area contributed by atoms with Gasteiger partial charge in [0, 0.05) is 6.42 Å². The summed E-state index contributed by atoms with van der Waals surface area (Å²) in [6, 6.07) is 0. The van der Waals surface area contributed by atoms with E-state index in [4.69, 9.17) is 4.52 Å². The van der Waals surface area contributed by atoms with Crippen molar-refractivity contribution in [3.63, 3.8) is 0 Å². The quantitative estimate of drug-likeness (QED) is 0.589. The number of rotatable bonds is 5. The second-order valence-corrected chi connectivity index (χ2v) is 7.84. The van der Waals surface area contributed by atoms with Gasteiger partial charge in [-0.1, -0.05) is 0 Å². The van der Waals surface area contributed by atoms with Crippen molar-refractivity contribution in [2.75, 3.05) is 33.8 Å². The molecule has 0 aromatic rings. The first-order valence-electron chi connectivity index (χ1n) is 5.24. The predicted molar refractivity (Wildman–Crippen MR) is 63.0 cm³/mol. The molecule has 0 bridgehead atoms. The zero-order valence-corrected chi connectivity index (χ0v) is 11.7. The molecule has 0 saturated carbocycles. The minimum atomic E-state index is -3.41. The summed E-state index contributed by atoms with van der Waals surface area (Å²) in [6.07, 6.45) is 0.938. The molecule has 5 heteroatoms. The fourth-order valence-corrected chi connectivity index (χ4v) is 2.71. The molecule has 1 N–H and O–H groups in total. The molecule has 15 heavy (non-hydrogen) atoms. The van der Waals surface area contributed by atoms with Crippen LogP contribution in [0.25, 0.3) is 0 Å². The molecule has 92 valence electrons. The lowest BCUT2D eigenvalue weighted by molar-refractivity contribution is -0.870. The lowest BCUT2D eigenvalue weighted by atomic mass is 10.2. The molecule has 0 aliphatic carbocycles. The van der Waals surface area contributed by atoms with Crippen molar-refractivity contribution in [1.82, 2.24) is 0 Å². The Morgan fingerprint density at radius 1 is 1.27 bits per heavy atom. The third-order valence-corrected chi connectivity index (χ3v) is 3.40. The Labute approximate surface area is 93.4 Å². The van der Waals surface area contributed by atoms with Gasteiger partial charge in [0.05, 0.1) is 39.5 Å². The fourth-order valence-electron chi connectivity index (χ4n) is 1.22. The van der Waals surface area contributed by atoms with Gasteiger partial charge in [-0.15, -0.1) is 0 Å². The molecule has 0 spiro atoms. The molecule has 0 rings (SSSR count). The fraction of sp³-hybridized carbons (Fsp3) is 1.00. The van der Waals surface area contributed by atoms with Crippen LogP contribution in [0.4, 0.5) is 0 Å². The maximum Gasteiger partial charge on any atom is 0.328 e. The van der Waals surface area contributed by atoms with E-state index in [1.54, 1.807) is 20.8 Å². The van der Waals surface area contributed by atoms with Crippen molar-refractivity contribution in [3.05, 3.63) is 0 Å². The van der Waals surface area contributed by atoms with Crippen LogP contribution in [0.3, 0.4) is 0 Å². The molecule has 0 heterocycles. The summed E-state index contributed by atoms with van der Waals surface area (Å²) in [7, 11) is 2.78. The van der Waals surface area contributed by atoms with Crippen LogP contribution in [0.5, 0.6) is 0 Å². The van der Waals surface area contributed by atoms with E-state index in [1.165, 1.54) is 0 Å². The zero-order valence-electron chi connectivity index (χ0n) is 10.8. The standard InChI is InChI=1S/C10H24NO3P/c1-10(2,3)14-15(12,13)9-7-8-11(4,5)6/h7-9H2,1-6H3/p+1. The van der Waals surface area contributed by atoms with Crippen LogP contribution >= 0.6 is 7.60 Å². The zero-order chi connectivity index (χ0) is 12.3. The number of nitrogens with zero attached hydrogens (tertiary/aromatic N) is 1. The second-order valence-electron chi connectivity index (χ2n) is 5.93. The highest BCUT2D eigenvalue weighted by molar-refractivity contribution is 7.52. The monoisotopic (exact) mass is 238 g/mol. The van der Waals surface area contributed by atoms with Crippen molar-refractivity contribution in [2.45, 2.75) is 32.8 Å². The molecule has 0 aromatic heterocycles. The molecule has 4 nitrogen and oxygen atoms in total. The van der Waals surface area contributed by atoms with Crippen LogP contribution in [0.1, 0.15) is 27.2 Å². The highest BCUT2D eigenvalue weighted by Gasteiger charge is 2.27. The molecular weight excluding hydrogens is 213 g/mol. The number of hydrogen-bond acceptors (Lipinski definition) is 2. The molecule has 1 atom stereocenters. The average Bonchev–Trinajstić information content (AvgIpc) is 1.75. The van der Waals surface area contributed by atoms with E-state index < -0.39 is 13.2 Å². The van der Waals surface area contributed by atoms with E-state index in [9.17, 15) is 9.46 Å². The molecule has 0 aromatic carbocycles. The second kappa shape index (κ2) is 4.96. The Morgan fingerprint density at radius 2 is 1.73 bits per heavy atom. The van der Waals surface area contributed by atoms with Gasteiger partial charge >= 0.3 is 7.60 Å². The van der Waals surface area contributed by atoms with Crippen LogP contribution in [0.2, 0.25) is 0 Å². The molecule has 0 aliphatic heterocycles. The van der Waals surface area contributed by atoms with E-state index in [2.05, 4.69) is 21.1 Å². The van der Waals surface area contributed by atoms with Crippen molar-refractivity contribution in [1.29, 1.82) is 0 Å². The summed E-state index contributed by atoms with van der Waals surface area (Å²) in [6.45, 7) is 6.24. The lowest BCUT2D eigenvalue weighted by Gasteiger charge is -2.26. The third-order valence-electron chi connectivity index (χ3n) is 1.69. The van der Waals surface area contributed by atoms with E-state index in [-0.39, 0.29) is 6.16 Å². The summed E-state index contributed by atoms with van der Waals surface area (Å²) in [4.78, 5) is 9.57. The smallest absolute Gasteiger partial charge is 0.328 e. The van der Waals surface area contributed by atoms with Gasteiger partial charge in [-0.25, -0.2) is 0 Å². The first-order valence-corrected chi connectivity index (χ1v) is 7.01. The van der Waals surface area contributed by atoms with Gasteiger partial charge in [-0.05, 0) is 20.8 Å². The molecular formula is C10H25NO3P+. The van der Waals surface area contributed by atoms with E-state index >= 15 is 0 Å². The first kappa shape index (κ1) is 15.1. The van der Waals surface area contributed by atoms with Gasteiger partial charge in [0.2, 0.25) is 0 Å². The topological polar surface area (TPSA) is 46.5 Å². The van der Waals surface area contributed by atoms with Crippen LogP contribution < -0.4 is 0 Å². The van der Waals surface area contributed by atoms with Crippen LogP contribution in [-0.4, -0.2) is 48.8 Å². The van der Waals surface area contributed by atoms with Gasteiger partial charge in [-0.3, -0.25) is 4.57 Å². The van der Waals surface area contributed by atoms with Crippen LogP contribution in [0.15, 0.2) is 0 Å². The van der Waals surface area contributed by atoms with Crippen molar-refractivity contribution in [2.24, 2.45) is 0 Å². The summed E-state index contributed by atoms with van der Waals surface area (Å²) < 4.78 is 17.6. The number of quaternary nitrogens is 1. The molecule has 0 fully saturated rings. The third kappa shape index (κ3) is 10.4. The summed E-state index contributed by atoms with van der Waals surface area (Å²) in [5.41, 5.74) is -0.555. The highest BCUT2D eigenvalue weighted by Crippen LogP contribution is 2.46. The van der Waals surface area contributed by atoms with Gasteiger partial charge < -0.3 is 13.9 Å². The molecule has 0 amide bonds. The predicted octanol–water partition coefficient (Wildman–Crippen LogP) is 2.08. The Morgan fingerprint density at radius 3 is 2.07 bits per heavy atom. The van der Waals surface area contributed by atoms with Gasteiger partial charge in [-0.2, -0.15) is 0 Å². The Balaban J connectivity index is 4.01. The van der Waals surface area contributed by atoms with Crippen molar-refractivity contribution >= 4 is 7.60 Å². The maximum absolute atomic E-state index is 11.6. The van der Waals surface area contributed by atoms with E-state index in [1.807, 2.05) is 0 Å².